The zero-order chi connectivity index (χ0) is 12.8. The first-order chi connectivity index (χ1) is 8.00. The van der Waals surface area contributed by atoms with Gasteiger partial charge in [0.05, 0.1) is 6.61 Å². The molecule has 0 saturated carbocycles. The maximum atomic E-state index is 10.8. The molecule has 0 aliphatic carbocycles. The zero-order valence-electron chi connectivity index (χ0n) is 11.2. The maximum absolute atomic E-state index is 10.8. The third kappa shape index (κ3) is 4.59. The number of ketones is 1. The molecule has 0 N–H and O–H groups in total. The van der Waals surface area contributed by atoms with Gasteiger partial charge in [-0.3, -0.25) is 0 Å². The predicted octanol–water partition coefficient (Wildman–Crippen LogP) is 3.87. The Morgan fingerprint density at radius 2 is 2.06 bits per heavy atom. The van der Waals surface area contributed by atoms with Crippen LogP contribution >= 0.6 is 0 Å². The highest BCUT2D eigenvalue weighted by molar-refractivity contribution is 5.75. The third-order valence-electron chi connectivity index (χ3n) is 2.81. The van der Waals surface area contributed by atoms with E-state index < -0.39 is 0 Å². The molecule has 2 nitrogen and oxygen atoms in total. The molecular formula is C15H22O2. The second-order valence-corrected chi connectivity index (χ2v) is 4.83. The molecule has 0 bridgehead atoms. The number of Topliss-reactive ketones (excluding diaryl/α,β-unsaturated/α-hetero) is 1. The smallest absolute Gasteiger partial charge is 0.129 e. The molecule has 0 saturated heterocycles. The summed E-state index contributed by atoms with van der Waals surface area (Å²) in [6.45, 7) is 8.62. The van der Waals surface area contributed by atoms with Gasteiger partial charge in [0.2, 0.25) is 0 Å². The van der Waals surface area contributed by atoms with Crippen molar-refractivity contribution in [3.05, 3.63) is 29.3 Å². The summed E-state index contributed by atoms with van der Waals surface area (Å²) >= 11 is 0. The monoisotopic (exact) mass is 234 g/mol. The van der Waals surface area contributed by atoms with Gasteiger partial charge in [0.25, 0.3) is 0 Å². The number of carbonyl (C=O) groups excluding carboxylic acids is 1. The minimum Gasteiger partial charge on any atom is -0.493 e. The van der Waals surface area contributed by atoms with E-state index in [1.807, 2.05) is 6.92 Å². The molecule has 17 heavy (non-hydrogen) atoms. The lowest BCUT2D eigenvalue weighted by Gasteiger charge is -2.12. The van der Waals surface area contributed by atoms with Crippen LogP contribution in [0.4, 0.5) is 0 Å². The minimum absolute atomic E-state index is 0.223. The summed E-state index contributed by atoms with van der Waals surface area (Å²) in [4.78, 5) is 10.8. The van der Waals surface area contributed by atoms with Gasteiger partial charge in [0.15, 0.2) is 0 Å². The standard InChI is InChI=1S/C15H22O2/c1-11(2)14-8-7-12(3)15(10-14)17-9-5-6-13(4)16/h7-8,10-11H,5-6,9H2,1-4H3. The van der Waals surface area contributed by atoms with E-state index in [9.17, 15) is 4.79 Å². The Morgan fingerprint density at radius 3 is 2.65 bits per heavy atom. The molecule has 2 heteroatoms. The van der Waals surface area contributed by atoms with Gasteiger partial charge < -0.3 is 9.53 Å². The SMILES string of the molecule is CC(=O)CCCOc1cc(C(C)C)ccc1C. The van der Waals surface area contributed by atoms with E-state index in [1.54, 1.807) is 6.92 Å². The second kappa shape index (κ2) is 6.43. The van der Waals surface area contributed by atoms with Crippen LogP contribution in [0, 0.1) is 6.92 Å². The molecule has 0 atom stereocenters. The highest BCUT2D eigenvalue weighted by Crippen LogP contribution is 2.24. The summed E-state index contributed by atoms with van der Waals surface area (Å²) in [6.07, 6.45) is 1.39. The summed E-state index contributed by atoms with van der Waals surface area (Å²) in [7, 11) is 0. The molecule has 1 aromatic rings. The molecule has 1 rings (SSSR count). The molecular weight excluding hydrogens is 212 g/mol. The van der Waals surface area contributed by atoms with E-state index >= 15 is 0 Å². The highest BCUT2D eigenvalue weighted by Gasteiger charge is 2.04. The van der Waals surface area contributed by atoms with Crippen LogP contribution in [0.25, 0.3) is 0 Å². The van der Waals surface area contributed by atoms with Crippen molar-refractivity contribution in [3.63, 3.8) is 0 Å². The fraction of sp³-hybridized carbons (Fsp3) is 0.533. The molecule has 0 fully saturated rings. The topological polar surface area (TPSA) is 26.3 Å². The number of rotatable bonds is 6. The number of carbonyl (C=O) groups is 1. The van der Waals surface area contributed by atoms with Gasteiger partial charge >= 0.3 is 0 Å². The Balaban J connectivity index is 2.57. The number of aryl methyl sites for hydroxylation is 1. The van der Waals surface area contributed by atoms with Crippen molar-refractivity contribution in [2.45, 2.75) is 46.5 Å². The highest BCUT2D eigenvalue weighted by atomic mass is 16.5. The van der Waals surface area contributed by atoms with Crippen molar-refractivity contribution in [3.8, 4) is 5.75 Å². The van der Waals surface area contributed by atoms with Gasteiger partial charge in [-0.25, -0.2) is 0 Å². The van der Waals surface area contributed by atoms with Crippen LogP contribution in [-0.2, 0) is 4.79 Å². The molecule has 0 spiro atoms. The largest absolute Gasteiger partial charge is 0.493 e. The molecule has 1 aromatic carbocycles. The molecule has 0 aliphatic rings. The Morgan fingerprint density at radius 1 is 1.35 bits per heavy atom. The first kappa shape index (κ1) is 13.8. The van der Waals surface area contributed by atoms with Gasteiger partial charge in [-0.15, -0.1) is 0 Å². The van der Waals surface area contributed by atoms with Crippen molar-refractivity contribution in [2.75, 3.05) is 6.61 Å². The van der Waals surface area contributed by atoms with Crippen molar-refractivity contribution >= 4 is 5.78 Å². The van der Waals surface area contributed by atoms with Gasteiger partial charge in [-0.05, 0) is 43.4 Å². The number of hydrogen-bond acceptors (Lipinski definition) is 2. The zero-order valence-corrected chi connectivity index (χ0v) is 11.2. The fourth-order valence-corrected chi connectivity index (χ4v) is 1.63. The van der Waals surface area contributed by atoms with E-state index in [4.69, 9.17) is 4.74 Å². The summed E-state index contributed by atoms with van der Waals surface area (Å²) < 4.78 is 5.73. The number of benzene rings is 1. The normalized spacial score (nSPS) is 10.6. The average Bonchev–Trinajstić information content (AvgIpc) is 2.25. The first-order valence-electron chi connectivity index (χ1n) is 6.23. The lowest BCUT2D eigenvalue weighted by atomic mass is 10.0. The van der Waals surface area contributed by atoms with Crippen LogP contribution in [0.5, 0.6) is 5.75 Å². The summed E-state index contributed by atoms with van der Waals surface area (Å²) in [5.41, 5.74) is 2.44. The van der Waals surface area contributed by atoms with Crippen LogP contribution in [0.1, 0.15) is 50.7 Å². The summed E-state index contributed by atoms with van der Waals surface area (Å²) in [5.74, 6) is 1.68. The van der Waals surface area contributed by atoms with Crippen LogP contribution in [0.3, 0.4) is 0 Å². The summed E-state index contributed by atoms with van der Waals surface area (Å²) in [5, 5.41) is 0. The first-order valence-corrected chi connectivity index (χ1v) is 6.23. The molecule has 0 aliphatic heterocycles. The Labute approximate surface area is 104 Å². The van der Waals surface area contributed by atoms with E-state index in [0.29, 0.717) is 18.9 Å². The van der Waals surface area contributed by atoms with Gasteiger partial charge in [-0.2, -0.15) is 0 Å². The predicted molar refractivity (Wildman–Crippen MR) is 70.7 cm³/mol. The van der Waals surface area contributed by atoms with Crippen molar-refractivity contribution in [1.29, 1.82) is 0 Å². The van der Waals surface area contributed by atoms with Crippen molar-refractivity contribution in [2.24, 2.45) is 0 Å². The molecule has 0 radical (unpaired) electrons. The van der Waals surface area contributed by atoms with E-state index in [2.05, 4.69) is 32.0 Å². The van der Waals surface area contributed by atoms with Crippen LogP contribution in [0.2, 0.25) is 0 Å². The van der Waals surface area contributed by atoms with Gasteiger partial charge in [0, 0.05) is 6.42 Å². The maximum Gasteiger partial charge on any atom is 0.129 e. The average molecular weight is 234 g/mol. The Bertz CT molecular complexity index is 381. The number of ether oxygens (including phenoxy) is 1. The van der Waals surface area contributed by atoms with E-state index in [0.717, 1.165) is 17.7 Å². The van der Waals surface area contributed by atoms with Gasteiger partial charge in [0.1, 0.15) is 11.5 Å². The molecule has 0 unspecified atom stereocenters. The summed E-state index contributed by atoms with van der Waals surface area (Å²) in [6, 6.07) is 6.34. The van der Waals surface area contributed by atoms with Crippen molar-refractivity contribution in [1.82, 2.24) is 0 Å². The van der Waals surface area contributed by atoms with Crippen molar-refractivity contribution < 1.29 is 9.53 Å². The molecule has 0 aromatic heterocycles. The lowest BCUT2D eigenvalue weighted by Crippen LogP contribution is -2.02. The van der Waals surface area contributed by atoms with E-state index in [-0.39, 0.29) is 5.78 Å². The van der Waals surface area contributed by atoms with Crippen LogP contribution in [0.15, 0.2) is 18.2 Å². The van der Waals surface area contributed by atoms with Crippen LogP contribution in [-0.4, -0.2) is 12.4 Å². The third-order valence-corrected chi connectivity index (χ3v) is 2.81. The fourth-order valence-electron chi connectivity index (χ4n) is 1.63. The Hall–Kier alpha value is -1.31. The lowest BCUT2D eigenvalue weighted by molar-refractivity contribution is -0.117. The molecule has 0 heterocycles. The Kier molecular flexibility index (Phi) is 5.20. The van der Waals surface area contributed by atoms with E-state index in [1.165, 1.54) is 5.56 Å². The van der Waals surface area contributed by atoms with Gasteiger partial charge in [-0.1, -0.05) is 26.0 Å². The minimum atomic E-state index is 0.223. The molecule has 94 valence electrons. The quantitative estimate of drug-likeness (QED) is 0.698. The number of hydrogen-bond donors (Lipinski definition) is 0. The van der Waals surface area contributed by atoms with Crippen LogP contribution < -0.4 is 4.74 Å². The molecule has 0 amide bonds. The second-order valence-electron chi connectivity index (χ2n) is 4.83.